The van der Waals surface area contributed by atoms with Gasteiger partial charge in [0.15, 0.2) is 0 Å². The fourth-order valence-corrected chi connectivity index (χ4v) is 0.635. The molecule has 0 fully saturated rings. The zero-order valence-electron chi connectivity index (χ0n) is 5.65. The maximum atomic E-state index is 8.35. The maximum absolute atomic E-state index is 8.35. The topological polar surface area (TPSA) is 45.5 Å². The molecule has 0 aromatic carbocycles. The van der Waals surface area contributed by atoms with Gasteiger partial charge < -0.3 is 5.21 Å². The number of hydrogen-bond acceptors (Lipinski definition) is 3. The van der Waals surface area contributed by atoms with Gasteiger partial charge in [0.05, 0.1) is 5.71 Å². The van der Waals surface area contributed by atoms with E-state index in [1.54, 1.807) is 25.4 Å². The van der Waals surface area contributed by atoms with E-state index < -0.39 is 0 Å². The van der Waals surface area contributed by atoms with Crippen LogP contribution in [-0.4, -0.2) is 15.9 Å². The predicted molar refractivity (Wildman–Crippen MR) is 38.2 cm³/mol. The van der Waals surface area contributed by atoms with E-state index in [2.05, 4.69) is 10.1 Å². The molecule has 0 amide bonds. The molecule has 0 spiro atoms. The van der Waals surface area contributed by atoms with Crippen molar-refractivity contribution < 1.29 is 5.21 Å². The minimum atomic E-state index is 0.577. The average Bonchev–Trinajstić information content (AvgIpc) is 2.05. The van der Waals surface area contributed by atoms with Crippen molar-refractivity contribution in [3.63, 3.8) is 0 Å². The van der Waals surface area contributed by atoms with Gasteiger partial charge in [0.2, 0.25) is 0 Å². The van der Waals surface area contributed by atoms with Crippen LogP contribution in [0, 0.1) is 0 Å². The molecule has 1 rings (SSSR count). The van der Waals surface area contributed by atoms with Crippen LogP contribution in [0.2, 0.25) is 0 Å². The van der Waals surface area contributed by atoms with E-state index in [1.807, 2.05) is 6.07 Å². The number of rotatable bonds is 1. The minimum Gasteiger partial charge on any atom is -0.411 e. The van der Waals surface area contributed by atoms with Gasteiger partial charge in [-0.25, -0.2) is 0 Å². The summed E-state index contributed by atoms with van der Waals surface area (Å²) in [6, 6.07) is 3.63. The van der Waals surface area contributed by atoms with Crippen LogP contribution in [0.3, 0.4) is 0 Å². The molecule has 0 aliphatic heterocycles. The van der Waals surface area contributed by atoms with E-state index in [0.29, 0.717) is 5.71 Å². The fourth-order valence-electron chi connectivity index (χ4n) is 0.635. The fraction of sp³-hybridized carbons (Fsp3) is 0.143. The van der Waals surface area contributed by atoms with E-state index in [0.717, 1.165) is 5.56 Å². The van der Waals surface area contributed by atoms with Crippen molar-refractivity contribution in [3.05, 3.63) is 30.1 Å². The minimum absolute atomic E-state index is 0.577. The highest BCUT2D eigenvalue weighted by atomic mass is 16.4. The van der Waals surface area contributed by atoms with Crippen molar-refractivity contribution in [1.29, 1.82) is 0 Å². The molecule has 0 bridgehead atoms. The molecule has 0 radical (unpaired) electrons. The van der Waals surface area contributed by atoms with E-state index >= 15 is 0 Å². The molecule has 1 N–H and O–H groups in total. The lowest BCUT2D eigenvalue weighted by Gasteiger charge is -1.93. The Labute approximate surface area is 59.0 Å². The van der Waals surface area contributed by atoms with Gasteiger partial charge in [0.1, 0.15) is 0 Å². The highest BCUT2D eigenvalue weighted by molar-refractivity contribution is 5.97. The van der Waals surface area contributed by atoms with Crippen LogP contribution < -0.4 is 0 Å². The van der Waals surface area contributed by atoms with Crippen molar-refractivity contribution in [3.8, 4) is 0 Å². The van der Waals surface area contributed by atoms with Crippen molar-refractivity contribution in [2.45, 2.75) is 6.92 Å². The lowest BCUT2D eigenvalue weighted by molar-refractivity contribution is 0.319. The van der Waals surface area contributed by atoms with Crippen LogP contribution >= 0.6 is 0 Å². The Balaban J connectivity index is 2.96. The highest BCUT2D eigenvalue weighted by Gasteiger charge is 1.93. The van der Waals surface area contributed by atoms with E-state index in [1.165, 1.54) is 0 Å². The Morgan fingerprint density at radius 1 is 1.70 bits per heavy atom. The van der Waals surface area contributed by atoms with Gasteiger partial charge in [0.25, 0.3) is 0 Å². The summed E-state index contributed by atoms with van der Waals surface area (Å²) in [6.07, 6.45) is 3.32. The van der Waals surface area contributed by atoms with Gasteiger partial charge in [-0.3, -0.25) is 4.98 Å². The number of aromatic nitrogens is 1. The lowest BCUT2D eigenvalue weighted by atomic mass is 10.2. The van der Waals surface area contributed by atoms with Gasteiger partial charge in [-0.15, -0.1) is 0 Å². The average molecular weight is 136 g/mol. The van der Waals surface area contributed by atoms with Crippen LogP contribution in [0.1, 0.15) is 12.5 Å². The Bertz CT molecular complexity index is 231. The summed E-state index contributed by atoms with van der Waals surface area (Å²) in [7, 11) is 0. The molecule has 1 aromatic heterocycles. The number of pyridine rings is 1. The van der Waals surface area contributed by atoms with Crippen LogP contribution in [-0.2, 0) is 0 Å². The summed E-state index contributed by atoms with van der Waals surface area (Å²) in [4.78, 5) is 3.86. The second-order valence-corrected chi connectivity index (χ2v) is 1.93. The lowest BCUT2D eigenvalue weighted by Crippen LogP contribution is -1.93. The SMILES string of the molecule is C/C(=N\O)c1cccnc1. The standard InChI is InChI=1S/C7H8N2O/c1-6(9-10)7-3-2-4-8-5-7/h2-5,10H,1H3/b9-6+. The Kier molecular flexibility index (Phi) is 1.99. The summed E-state index contributed by atoms with van der Waals surface area (Å²) >= 11 is 0. The summed E-state index contributed by atoms with van der Waals surface area (Å²) in [5.41, 5.74) is 1.41. The predicted octanol–water partition coefficient (Wildman–Crippen LogP) is 1.28. The maximum Gasteiger partial charge on any atom is 0.0852 e. The smallest absolute Gasteiger partial charge is 0.0852 e. The van der Waals surface area contributed by atoms with Crippen molar-refractivity contribution >= 4 is 5.71 Å². The van der Waals surface area contributed by atoms with Crippen LogP contribution in [0.25, 0.3) is 0 Å². The van der Waals surface area contributed by atoms with E-state index in [4.69, 9.17) is 5.21 Å². The first-order valence-electron chi connectivity index (χ1n) is 2.93. The summed E-state index contributed by atoms with van der Waals surface area (Å²) in [5, 5.41) is 11.4. The van der Waals surface area contributed by atoms with Gasteiger partial charge in [-0.05, 0) is 19.1 Å². The van der Waals surface area contributed by atoms with Crippen molar-refractivity contribution in [2.24, 2.45) is 5.16 Å². The van der Waals surface area contributed by atoms with E-state index in [-0.39, 0.29) is 0 Å². The molecule has 0 unspecified atom stereocenters. The molecule has 3 heteroatoms. The molecule has 3 nitrogen and oxygen atoms in total. The second kappa shape index (κ2) is 2.96. The van der Waals surface area contributed by atoms with Gasteiger partial charge >= 0.3 is 0 Å². The number of nitrogens with zero attached hydrogens (tertiary/aromatic N) is 2. The normalized spacial score (nSPS) is 11.5. The Morgan fingerprint density at radius 2 is 2.50 bits per heavy atom. The third kappa shape index (κ3) is 1.31. The first kappa shape index (κ1) is 6.74. The Morgan fingerprint density at radius 3 is 3.00 bits per heavy atom. The molecule has 52 valence electrons. The second-order valence-electron chi connectivity index (χ2n) is 1.93. The molecule has 0 aliphatic rings. The number of oxime groups is 1. The van der Waals surface area contributed by atoms with Crippen molar-refractivity contribution in [1.82, 2.24) is 4.98 Å². The largest absolute Gasteiger partial charge is 0.411 e. The molecule has 1 heterocycles. The van der Waals surface area contributed by atoms with Gasteiger partial charge in [-0.2, -0.15) is 0 Å². The van der Waals surface area contributed by atoms with E-state index in [9.17, 15) is 0 Å². The molecular weight excluding hydrogens is 128 g/mol. The van der Waals surface area contributed by atoms with Crippen LogP contribution in [0.5, 0.6) is 0 Å². The first-order valence-corrected chi connectivity index (χ1v) is 2.93. The molecule has 0 saturated carbocycles. The monoisotopic (exact) mass is 136 g/mol. The zero-order valence-corrected chi connectivity index (χ0v) is 5.65. The molecule has 10 heavy (non-hydrogen) atoms. The Hall–Kier alpha value is -1.38. The summed E-state index contributed by atoms with van der Waals surface area (Å²) < 4.78 is 0. The summed E-state index contributed by atoms with van der Waals surface area (Å²) in [6.45, 7) is 1.72. The molecule has 1 aromatic rings. The molecule has 0 atom stereocenters. The quantitative estimate of drug-likeness (QED) is 0.359. The third-order valence-corrected chi connectivity index (χ3v) is 1.23. The van der Waals surface area contributed by atoms with Gasteiger partial charge in [-0.1, -0.05) is 5.16 Å². The molecule has 0 aliphatic carbocycles. The third-order valence-electron chi connectivity index (χ3n) is 1.23. The van der Waals surface area contributed by atoms with Crippen LogP contribution in [0.15, 0.2) is 29.7 Å². The molecular formula is C7H8N2O. The number of hydrogen-bond donors (Lipinski definition) is 1. The van der Waals surface area contributed by atoms with Crippen molar-refractivity contribution in [2.75, 3.05) is 0 Å². The molecule has 0 saturated heterocycles. The van der Waals surface area contributed by atoms with Gasteiger partial charge in [0, 0.05) is 18.0 Å². The zero-order chi connectivity index (χ0) is 7.40. The van der Waals surface area contributed by atoms with Crippen LogP contribution in [0.4, 0.5) is 0 Å². The summed E-state index contributed by atoms with van der Waals surface area (Å²) in [5.74, 6) is 0. The first-order chi connectivity index (χ1) is 4.84. The highest BCUT2D eigenvalue weighted by Crippen LogP contribution is 1.96.